The number of anilines is 1. The molecule has 0 unspecified atom stereocenters. The van der Waals surface area contributed by atoms with Crippen LogP contribution in [-0.2, 0) is 6.54 Å². The summed E-state index contributed by atoms with van der Waals surface area (Å²) in [6.45, 7) is 0.566. The summed E-state index contributed by atoms with van der Waals surface area (Å²) in [6, 6.07) is 5.47. The Kier molecular flexibility index (Phi) is 3.67. The molecule has 0 saturated heterocycles. The van der Waals surface area contributed by atoms with E-state index in [0.717, 1.165) is 27.9 Å². The lowest BCUT2D eigenvalue weighted by Gasteiger charge is -2.32. The Morgan fingerprint density at radius 1 is 1.17 bits per heavy atom. The van der Waals surface area contributed by atoms with Crippen molar-refractivity contribution in [1.82, 2.24) is 19.6 Å². The van der Waals surface area contributed by atoms with Gasteiger partial charge in [0.1, 0.15) is 5.69 Å². The van der Waals surface area contributed by atoms with Crippen molar-refractivity contribution in [2.24, 2.45) is 0 Å². The number of para-hydroxylation sites is 1. The van der Waals surface area contributed by atoms with Crippen molar-refractivity contribution in [3.63, 3.8) is 0 Å². The molecule has 116 valence electrons. The van der Waals surface area contributed by atoms with Crippen LogP contribution in [0.25, 0.3) is 11.5 Å². The van der Waals surface area contributed by atoms with Gasteiger partial charge in [-0.25, -0.2) is 19.6 Å². The average Bonchev–Trinajstić information content (AvgIpc) is 3.04. The minimum absolute atomic E-state index is 0.566. The third-order valence-electron chi connectivity index (χ3n) is 3.63. The summed E-state index contributed by atoms with van der Waals surface area (Å²) in [4.78, 5) is 13.4. The molecule has 3 aromatic rings. The fourth-order valence-corrected chi connectivity index (χ4v) is 3.55. The molecule has 1 aromatic carbocycles. The quantitative estimate of drug-likeness (QED) is 0.505. The first-order chi connectivity index (χ1) is 11.2. The monoisotopic (exact) mass is 363 g/mol. The smallest absolute Gasteiger partial charge is 0.187 e. The molecule has 0 N–H and O–H groups in total. The van der Waals surface area contributed by atoms with Gasteiger partial charge in [-0.1, -0.05) is 41.0 Å². The van der Waals surface area contributed by atoms with Crippen molar-refractivity contribution in [3.8, 4) is 11.5 Å². The second kappa shape index (κ2) is 5.70. The molecule has 0 amide bonds. The van der Waals surface area contributed by atoms with Crippen molar-refractivity contribution in [2.75, 3.05) is 11.3 Å². The summed E-state index contributed by atoms with van der Waals surface area (Å²) >= 11 is 14.3. The highest BCUT2D eigenvalue weighted by Gasteiger charge is 2.27. The lowest BCUT2D eigenvalue weighted by Crippen LogP contribution is -2.33. The number of hydrogen-bond donors (Lipinski definition) is 0. The summed E-state index contributed by atoms with van der Waals surface area (Å²) in [7, 11) is 0. The number of hydrogen-bond acceptors (Lipinski definition) is 5. The van der Waals surface area contributed by atoms with E-state index in [-0.39, 0.29) is 0 Å². The van der Waals surface area contributed by atoms with Crippen LogP contribution in [0.5, 0.6) is 0 Å². The SMILES string of the molecule is CSc1ncc2c(n1)-c1nccn1N(c1c(Cl)cccc1Cl)C2. The molecule has 23 heavy (non-hydrogen) atoms. The summed E-state index contributed by atoms with van der Waals surface area (Å²) < 4.78 is 1.92. The summed E-state index contributed by atoms with van der Waals surface area (Å²) in [5, 5.41) is 3.88. The molecule has 0 spiro atoms. The number of halogens is 2. The molecule has 0 aliphatic carbocycles. The van der Waals surface area contributed by atoms with E-state index in [4.69, 9.17) is 23.2 Å². The normalized spacial score (nSPS) is 12.9. The topological polar surface area (TPSA) is 46.8 Å². The second-order valence-electron chi connectivity index (χ2n) is 4.95. The highest BCUT2D eigenvalue weighted by Crippen LogP contribution is 2.38. The molecule has 8 heteroatoms. The number of aromatic nitrogens is 4. The van der Waals surface area contributed by atoms with Gasteiger partial charge in [-0.05, 0) is 18.4 Å². The van der Waals surface area contributed by atoms with Gasteiger partial charge < -0.3 is 0 Å². The predicted octanol–water partition coefficient (Wildman–Crippen LogP) is 4.15. The van der Waals surface area contributed by atoms with Crippen molar-refractivity contribution < 1.29 is 0 Å². The van der Waals surface area contributed by atoms with Gasteiger partial charge in [0, 0.05) is 24.2 Å². The number of benzene rings is 1. The summed E-state index contributed by atoms with van der Waals surface area (Å²) in [6.07, 6.45) is 7.40. The van der Waals surface area contributed by atoms with E-state index in [1.807, 2.05) is 46.5 Å². The van der Waals surface area contributed by atoms with Gasteiger partial charge in [0.2, 0.25) is 0 Å². The summed E-state index contributed by atoms with van der Waals surface area (Å²) in [5.74, 6) is 0.750. The first kappa shape index (κ1) is 14.8. The summed E-state index contributed by atoms with van der Waals surface area (Å²) in [5.41, 5.74) is 2.57. The fraction of sp³-hybridized carbons (Fsp3) is 0.133. The van der Waals surface area contributed by atoms with Crippen molar-refractivity contribution in [2.45, 2.75) is 11.7 Å². The van der Waals surface area contributed by atoms with E-state index in [9.17, 15) is 0 Å². The Morgan fingerprint density at radius 3 is 2.70 bits per heavy atom. The van der Waals surface area contributed by atoms with E-state index in [1.54, 1.807) is 6.20 Å². The molecular formula is C15H11Cl2N5S. The largest absolute Gasteiger partial charge is 0.272 e. The van der Waals surface area contributed by atoms with Gasteiger partial charge in [0.25, 0.3) is 0 Å². The average molecular weight is 364 g/mol. The minimum Gasteiger partial charge on any atom is -0.272 e. The maximum Gasteiger partial charge on any atom is 0.187 e. The number of nitrogens with zero attached hydrogens (tertiary/aromatic N) is 5. The van der Waals surface area contributed by atoms with E-state index in [1.165, 1.54) is 11.8 Å². The highest BCUT2D eigenvalue weighted by atomic mass is 35.5. The van der Waals surface area contributed by atoms with Crippen molar-refractivity contribution in [1.29, 1.82) is 0 Å². The van der Waals surface area contributed by atoms with Gasteiger partial charge in [0.15, 0.2) is 11.0 Å². The number of imidazole rings is 1. The zero-order valence-electron chi connectivity index (χ0n) is 12.1. The first-order valence-electron chi connectivity index (χ1n) is 6.84. The van der Waals surface area contributed by atoms with Crippen LogP contribution in [0.15, 0.2) is 41.9 Å². The molecule has 0 bridgehead atoms. The van der Waals surface area contributed by atoms with E-state index < -0.39 is 0 Å². The van der Waals surface area contributed by atoms with Crippen LogP contribution in [-0.4, -0.2) is 25.9 Å². The molecule has 1 aliphatic rings. The zero-order valence-corrected chi connectivity index (χ0v) is 14.4. The number of rotatable bonds is 2. The van der Waals surface area contributed by atoms with Crippen LogP contribution in [0.3, 0.4) is 0 Å². The van der Waals surface area contributed by atoms with Crippen LogP contribution in [0, 0.1) is 0 Å². The zero-order chi connectivity index (χ0) is 16.0. The van der Waals surface area contributed by atoms with Crippen LogP contribution >= 0.6 is 35.0 Å². The van der Waals surface area contributed by atoms with E-state index in [2.05, 4.69) is 15.0 Å². The first-order valence-corrected chi connectivity index (χ1v) is 8.82. The van der Waals surface area contributed by atoms with Crippen molar-refractivity contribution >= 4 is 40.7 Å². The van der Waals surface area contributed by atoms with E-state index >= 15 is 0 Å². The molecule has 1 aliphatic heterocycles. The number of thioether (sulfide) groups is 1. The molecule has 2 aromatic heterocycles. The van der Waals surface area contributed by atoms with Crippen LogP contribution in [0.2, 0.25) is 10.0 Å². The molecular weight excluding hydrogens is 353 g/mol. The maximum atomic E-state index is 6.38. The fourth-order valence-electron chi connectivity index (χ4n) is 2.62. The van der Waals surface area contributed by atoms with Gasteiger partial charge in [-0.15, -0.1) is 0 Å². The van der Waals surface area contributed by atoms with Crippen LogP contribution in [0.4, 0.5) is 5.69 Å². The lowest BCUT2D eigenvalue weighted by atomic mass is 10.1. The van der Waals surface area contributed by atoms with Crippen LogP contribution < -0.4 is 5.01 Å². The van der Waals surface area contributed by atoms with Gasteiger partial charge in [-0.3, -0.25) is 5.01 Å². The Labute approximate surface area is 147 Å². The Morgan fingerprint density at radius 2 is 1.96 bits per heavy atom. The predicted molar refractivity (Wildman–Crippen MR) is 93.1 cm³/mol. The Balaban J connectivity index is 1.90. The molecule has 4 rings (SSSR count). The molecule has 5 nitrogen and oxygen atoms in total. The second-order valence-corrected chi connectivity index (χ2v) is 6.54. The highest BCUT2D eigenvalue weighted by molar-refractivity contribution is 7.98. The molecule has 3 heterocycles. The van der Waals surface area contributed by atoms with Crippen molar-refractivity contribution in [3.05, 3.63) is 52.4 Å². The Hall–Kier alpha value is -1.76. The van der Waals surface area contributed by atoms with Gasteiger partial charge in [-0.2, -0.15) is 0 Å². The third kappa shape index (κ3) is 2.38. The molecule has 0 radical (unpaired) electrons. The standard InChI is InChI=1S/C15H11Cl2N5S/c1-23-15-19-7-9-8-22(13-10(16)3-2-4-11(13)17)21-6-5-18-14(21)12(9)20-15/h2-7H,8H2,1H3. The maximum absolute atomic E-state index is 6.38. The van der Waals surface area contributed by atoms with Gasteiger partial charge >= 0.3 is 0 Å². The Bertz CT molecular complexity index is 875. The lowest BCUT2D eigenvalue weighted by molar-refractivity contribution is 0.663. The molecule has 0 fully saturated rings. The molecule has 0 atom stereocenters. The van der Waals surface area contributed by atoms with Gasteiger partial charge in [0.05, 0.1) is 22.3 Å². The van der Waals surface area contributed by atoms with Crippen LogP contribution in [0.1, 0.15) is 5.56 Å². The molecule has 0 saturated carbocycles. The van der Waals surface area contributed by atoms with E-state index in [0.29, 0.717) is 16.6 Å². The third-order valence-corrected chi connectivity index (χ3v) is 4.81. The minimum atomic E-state index is 0.566. The number of fused-ring (bicyclic) bond motifs is 3.